The van der Waals surface area contributed by atoms with Crippen molar-refractivity contribution in [2.24, 2.45) is 0 Å². The molecule has 5 nitrogen and oxygen atoms in total. The number of aromatic nitrogens is 2. The number of nitrogens with zero attached hydrogens (tertiary/aromatic N) is 2. The second-order valence-electron chi connectivity index (χ2n) is 7.75. The lowest BCUT2D eigenvalue weighted by Gasteiger charge is -2.26. The van der Waals surface area contributed by atoms with Gasteiger partial charge in [-0.25, -0.2) is 4.98 Å². The van der Waals surface area contributed by atoms with Crippen molar-refractivity contribution >= 4 is 28.6 Å². The number of thioether (sulfide) groups is 1. The highest BCUT2D eigenvalue weighted by Gasteiger charge is 2.22. The minimum absolute atomic E-state index is 0.0134. The number of hydrogen-bond acceptors (Lipinski definition) is 4. The van der Waals surface area contributed by atoms with Gasteiger partial charge in [0.1, 0.15) is 0 Å². The van der Waals surface area contributed by atoms with Gasteiger partial charge in [-0.1, -0.05) is 73.5 Å². The molecule has 0 saturated heterocycles. The minimum atomic E-state index is -0.0338. The Hall–Kier alpha value is -2.60. The highest BCUT2D eigenvalue weighted by Crippen LogP contribution is 2.31. The van der Waals surface area contributed by atoms with Crippen LogP contribution in [0.2, 0.25) is 0 Å². The monoisotopic (exact) mass is 421 g/mol. The molecule has 0 radical (unpaired) electrons. The number of para-hydroxylation sites is 1. The Morgan fingerprint density at radius 2 is 1.77 bits per heavy atom. The van der Waals surface area contributed by atoms with Gasteiger partial charge >= 0.3 is 0 Å². The van der Waals surface area contributed by atoms with Gasteiger partial charge in [0.15, 0.2) is 5.16 Å². The first-order chi connectivity index (χ1) is 14.7. The standard InChI is InChI=1S/C24H27N3O2S/c28-22(25-16-15-18-9-3-1-4-10-18)17-30-24-26-21-14-8-7-13-20(21)23(29)27(24)19-11-5-2-6-12-19/h1,3-4,7-10,13-14,19H,2,5-6,11-12,15-17H2,(H,25,28). The van der Waals surface area contributed by atoms with E-state index < -0.39 is 0 Å². The first-order valence-electron chi connectivity index (χ1n) is 10.7. The minimum Gasteiger partial charge on any atom is -0.355 e. The lowest BCUT2D eigenvalue weighted by atomic mass is 9.95. The summed E-state index contributed by atoms with van der Waals surface area (Å²) in [7, 11) is 0. The summed E-state index contributed by atoms with van der Waals surface area (Å²) in [5, 5.41) is 4.29. The maximum atomic E-state index is 13.2. The molecule has 1 aromatic heterocycles. The number of fused-ring (bicyclic) bond motifs is 1. The van der Waals surface area contributed by atoms with E-state index in [2.05, 4.69) is 17.4 Å². The van der Waals surface area contributed by atoms with Crippen molar-refractivity contribution in [3.63, 3.8) is 0 Å². The molecule has 1 aliphatic rings. The fourth-order valence-electron chi connectivity index (χ4n) is 4.06. The summed E-state index contributed by atoms with van der Waals surface area (Å²) in [4.78, 5) is 30.4. The van der Waals surface area contributed by atoms with Crippen molar-refractivity contribution in [2.75, 3.05) is 12.3 Å². The van der Waals surface area contributed by atoms with Crippen LogP contribution in [0.4, 0.5) is 0 Å². The Morgan fingerprint density at radius 3 is 2.57 bits per heavy atom. The van der Waals surface area contributed by atoms with Crippen molar-refractivity contribution in [2.45, 2.75) is 49.7 Å². The number of carbonyl (C=O) groups excluding carboxylic acids is 1. The van der Waals surface area contributed by atoms with Gasteiger partial charge in [-0.15, -0.1) is 0 Å². The van der Waals surface area contributed by atoms with Crippen LogP contribution in [-0.4, -0.2) is 27.8 Å². The van der Waals surface area contributed by atoms with E-state index in [0.29, 0.717) is 22.6 Å². The van der Waals surface area contributed by atoms with Crippen LogP contribution in [-0.2, 0) is 11.2 Å². The number of amides is 1. The van der Waals surface area contributed by atoms with Gasteiger partial charge in [0.05, 0.1) is 16.7 Å². The zero-order chi connectivity index (χ0) is 20.8. The lowest BCUT2D eigenvalue weighted by Crippen LogP contribution is -2.30. The van der Waals surface area contributed by atoms with E-state index in [9.17, 15) is 9.59 Å². The van der Waals surface area contributed by atoms with Crippen LogP contribution in [0.15, 0.2) is 64.5 Å². The predicted octanol–water partition coefficient (Wildman–Crippen LogP) is 4.35. The van der Waals surface area contributed by atoms with Gasteiger partial charge in [0, 0.05) is 12.6 Å². The second-order valence-corrected chi connectivity index (χ2v) is 8.70. The van der Waals surface area contributed by atoms with Gasteiger partial charge in [-0.2, -0.15) is 0 Å². The average Bonchev–Trinajstić information content (AvgIpc) is 2.79. The van der Waals surface area contributed by atoms with Crippen LogP contribution in [0, 0.1) is 0 Å². The Bertz CT molecular complexity index is 1060. The van der Waals surface area contributed by atoms with Crippen LogP contribution < -0.4 is 10.9 Å². The maximum absolute atomic E-state index is 13.2. The molecule has 1 saturated carbocycles. The molecule has 30 heavy (non-hydrogen) atoms. The van der Waals surface area contributed by atoms with Gasteiger partial charge in [-0.05, 0) is 37.0 Å². The first kappa shape index (κ1) is 20.7. The number of hydrogen-bond donors (Lipinski definition) is 1. The van der Waals surface area contributed by atoms with E-state index in [1.165, 1.54) is 23.7 Å². The summed E-state index contributed by atoms with van der Waals surface area (Å²) in [6.45, 7) is 0.601. The topological polar surface area (TPSA) is 64.0 Å². The quantitative estimate of drug-likeness (QED) is 0.455. The normalized spacial score (nSPS) is 14.7. The van der Waals surface area contributed by atoms with E-state index in [1.807, 2.05) is 47.0 Å². The van der Waals surface area contributed by atoms with E-state index in [4.69, 9.17) is 4.98 Å². The summed E-state index contributed by atoms with van der Waals surface area (Å²) in [5.41, 5.74) is 1.91. The third-order valence-electron chi connectivity index (χ3n) is 5.63. The zero-order valence-electron chi connectivity index (χ0n) is 17.0. The SMILES string of the molecule is O=C(CSc1nc2ccccc2c(=O)n1C1CCCCC1)NCCc1ccccc1. The zero-order valence-corrected chi connectivity index (χ0v) is 17.9. The summed E-state index contributed by atoms with van der Waals surface area (Å²) in [6, 6.07) is 17.8. The van der Waals surface area contributed by atoms with E-state index in [1.54, 1.807) is 0 Å². The summed E-state index contributed by atoms with van der Waals surface area (Å²) < 4.78 is 1.85. The predicted molar refractivity (Wildman–Crippen MR) is 122 cm³/mol. The molecular formula is C24H27N3O2S. The molecule has 1 N–H and O–H groups in total. The van der Waals surface area contributed by atoms with E-state index >= 15 is 0 Å². The Kier molecular flexibility index (Phi) is 6.84. The van der Waals surface area contributed by atoms with Crippen molar-refractivity contribution in [3.8, 4) is 0 Å². The van der Waals surface area contributed by atoms with Crippen molar-refractivity contribution in [1.82, 2.24) is 14.9 Å². The average molecular weight is 422 g/mol. The lowest BCUT2D eigenvalue weighted by molar-refractivity contribution is -0.118. The van der Waals surface area contributed by atoms with Crippen LogP contribution in [0.3, 0.4) is 0 Å². The summed E-state index contributed by atoms with van der Waals surface area (Å²) >= 11 is 1.36. The molecule has 1 heterocycles. The van der Waals surface area contributed by atoms with Crippen molar-refractivity contribution < 1.29 is 4.79 Å². The molecular weight excluding hydrogens is 394 g/mol. The third kappa shape index (κ3) is 4.93. The fourth-order valence-corrected chi connectivity index (χ4v) is 4.96. The van der Waals surface area contributed by atoms with Crippen LogP contribution in [0.1, 0.15) is 43.7 Å². The molecule has 156 valence electrons. The maximum Gasteiger partial charge on any atom is 0.262 e. The number of rotatable bonds is 7. The molecule has 0 spiro atoms. The molecule has 0 atom stereocenters. The second kappa shape index (κ2) is 9.94. The van der Waals surface area contributed by atoms with Gasteiger partial charge in [0.2, 0.25) is 5.91 Å². The van der Waals surface area contributed by atoms with E-state index in [0.717, 1.165) is 32.1 Å². The van der Waals surface area contributed by atoms with Gasteiger partial charge < -0.3 is 5.32 Å². The smallest absolute Gasteiger partial charge is 0.262 e. The van der Waals surface area contributed by atoms with E-state index in [-0.39, 0.29) is 23.3 Å². The molecule has 1 fully saturated rings. The largest absolute Gasteiger partial charge is 0.355 e. The molecule has 0 unspecified atom stereocenters. The molecule has 4 rings (SSSR count). The highest BCUT2D eigenvalue weighted by atomic mass is 32.2. The highest BCUT2D eigenvalue weighted by molar-refractivity contribution is 7.99. The van der Waals surface area contributed by atoms with Gasteiger partial charge in [0.25, 0.3) is 5.56 Å². The number of nitrogens with one attached hydrogen (secondary N) is 1. The first-order valence-corrected chi connectivity index (χ1v) is 11.7. The molecule has 1 aliphatic carbocycles. The van der Waals surface area contributed by atoms with Crippen LogP contribution in [0.5, 0.6) is 0 Å². The van der Waals surface area contributed by atoms with Gasteiger partial charge in [-0.3, -0.25) is 14.2 Å². The molecule has 2 aromatic carbocycles. The number of carbonyl (C=O) groups is 1. The molecule has 1 amide bonds. The van der Waals surface area contributed by atoms with Crippen molar-refractivity contribution in [3.05, 3.63) is 70.5 Å². The van der Waals surface area contributed by atoms with Crippen LogP contribution >= 0.6 is 11.8 Å². The Morgan fingerprint density at radius 1 is 1.03 bits per heavy atom. The summed E-state index contributed by atoms with van der Waals surface area (Å²) in [6.07, 6.45) is 6.28. The Balaban J connectivity index is 1.47. The van der Waals surface area contributed by atoms with Crippen LogP contribution in [0.25, 0.3) is 10.9 Å². The summed E-state index contributed by atoms with van der Waals surface area (Å²) in [5.74, 6) is 0.222. The third-order valence-corrected chi connectivity index (χ3v) is 6.58. The number of benzene rings is 2. The molecule has 6 heteroatoms. The molecule has 0 bridgehead atoms. The molecule has 3 aromatic rings. The van der Waals surface area contributed by atoms with Crippen molar-refractivity contribution in [1.29, 1.82) is 0 Å². The fraction of sp³-hybridized carbons (Fsp3) is 0.375. The molecule has 0 aliphatic heterocycles. The Labute approximate surface area is 180 Å².